The third kappa shape index (κ3) is 3.12. The van der Waals surface area contributed by atoms with Crippen LogP contribution < -0.4 is 5.32 Å². The Morgan fingerprint density at radius 1 is 1.52 bits per heavy atom. The first-order chi connectivity index (χ1) is 10.2. The minimum absolute atomic E-state index is 0.0302. The molecule has 112 valence electrons. The Kier molecular flexibility index (Phi) is 4.01. The van der Waals surface area contributed by atoms with Crippen LogP contribution >= 0.6 is 11.8 Å². The van der Waals surface area contributed by atoms with E-state index in [1.165, 1.54) is 18.6 Å². The SMILES string of the molecule is CCSC1CCC(Nc2nc3cc([N+](=O)[O-])ccc3o2)C1. The average Bonchev–Trinajstić information content (AvgIpc) is 3.04. The van der Waals surface area contributed by atoms with Crippen molar-refractivity contribution in [2.75, 3.05) is 11.1 Å². The molecule has 6 nitrogen and oxygen atoms in total. The number of fused-ring (bicyclic) bond motifs is 1. The third-order valence-corrected chi connectivity index (χ3v) is 4.93. The van der Waals surface area contributed by atoms with Crippen LogP contribution in [0.15, 0.2) is 22.6 Å². The Balaban J connectivity index is 1.72. The zero-order valence-electron chi connectivity index (χ0n) is 11.7. The second-order valence-electron chi connectivity index (χ2n) is 5.16. The number of nitrogens with one attached hydrogen (secondary N) is 1. The number of hydrogen-bond acceptors (Lipinski definition) is 6. The molecule has 0 bridgehead atoms. The molecule has 1 fully saturated rings. The summed E-state index contributed by atoms with van der Waals surface area (Å²) in [5.74, 6) is 1.14. The summed E-state index contributed by atoms with van der Waals surface area (Å²) >= 11 is 2.00. The summed E-state index contributed by atoms with van der Waals surface area (Å²) in [5, 5.41) is 14.8. The topological polar surface area (TPSA) is 81.2 Å². The molecular weight excluding hydrogens is 290 g/mol. The maximum atomic E-state index is 10.8. The predicted octanol–water partition coefficient (Wildman–Crippen LogP) is 3.82. The summed E-state index contributed by atoms with van der Waals surface area (Å²) in [5.41, 5.74) is 1.12. The van der Waals surface area contributed by atoms with E-state index in [1.54, 1.807) is 6.07 Å². The van der Waals surface area contributed by atoms with Crippen molar-refractivity contribution in [2.45, 2.75) is 37.5 Å². The largest absolute Gasteiger partial charge is 0.424 e. The molecule has 2 atom stereocenters. The lowest BCUT2D eigenvalue weighted by atomic mass is 10.3. The smallest absolute Gasteiger partial charge is 0.295 e. The maximum Gasteiger partial charge on any atom is 0.295 e. The van der Waals surface area contributed by atoms with Crippen molar-refractivity contribution in [3.8, 4) is 0 Å². The second-order valence-corrected chi connectivity index (χ2v) is 6.74. The standard InChI is InChI=1S/C14H17N3O3S/c1-2-21-11-5-3-9(7-11)15-14-16-12-8-10(17(18)19)4-6-13(12)20-14/h4,6,8-9,11H,2-3,5,7H2,1H3,(H,15,16). The third-order valence-electron chi connectivity index (χ3n) is 3.70. The zero-order valence-corrected chi connectivity index (χ0v) is 12.6. The fraction of sp³-hybridized carbons (Fsp3) is 0.500. The molecule has 1 saturated carbocycles. The highest BCUT2D eigenvalue weighted by atomic mass is 32.2. The monoisotopic (exact) mass is 307 g/mol. The molecule has 0 amide bonds. The van der Waals surface area contributed by atoms with E-state index < -0.39 is 4.92 Å². The van der Waals surface area contributed by atoms with Crippen LogP contribution in [0.1, 0.15) is 26.2 Å². The minimum atomic E-state index is -0.426. The summed E-state index contributed by atoms with van der Waals surface area (Å²) in [4.78, 5) is 14.6. The normalized spacial score (nSPS) is 21.8. The van der Waals surface area contributed by atoms with Gasteiger partial charge in [0.15, 0.2) is 5.58 Å². The molecule has 21 heavy (non-hydrogen) atoms. The summed E-state index contributed by atoms with van der Waals surface area (Å²) < 4.78 is 5.61. The van der Waals surface area contributed by atoms with Crippen molar-refractivity contribution >= 4 is 34.6 Å². The lowest BCUT2D eigenvalue weighted by molar-refractivity contribution is -0.384. The Morgan fingerprint density at radius 2 is 2.38 bits per heavy atom. The van der Waals surface area contributed by atoms with Gasteiger partial charge in [-0.1, -0.05) is 6.92 Å². The van der Waals surface area contributed by atoms with Crippen molar-refractivity contribution in [2.24, 2.45) is 0 Å². The van der Waals surface area contributed by atoms with Gasteiger partial charge in [-0.2, -0.15) is 16.7 Å². The van der Waals surface area contributed by atoms with Gasteiger partial charge in [0.1, 0.15) is 5.52 Å². The molecule has 0 saturated heterocycles. The summed E-state index contributed by atoms with van der Waals surface area (Å²) in [6.45, 7) is 2.18. The number of rotatable bonds is 5. The number of hydrogen-bond donors (Lipinski definition) is 1. The molecule has 1 aromatic heterocycles. The van der Waals surface area contributed by atoms with E-state index in [0.717, 1.165) is 18.6 Å². The van der Waals surface area contributed by atoms with Crippen LogP contribution in [-0.2, 0) is 0 Å². The molecular formula is C14H17N3O3S. The number of anilines is 1. The number of nitrogens with zero attached hydrogens (tertiary/aromatic N) is 2. The van der Waals surface area contributed by atoms with Gasteiger partial charge in [0.25, 0.3) is 11.7 Å². The van der Waals surface area contributed by atoms with Crippen LogP contribution in [0, 0.1) is 10.1 Å². The van der Waals surface area contributed by atoms with Gasteiger partial charge in [-0.15, -0.1) is 0 Å². The van der Waals surface area contributed by atoms with Gasteiger partial charge in [0.05, 0.1) is 4.92 Å². The second kappa shape index (κ2) is 5.93. The van der Waals surface area contributed by atoms with E-state index in [1.807, 2.05) is 11.8 Å². The highest BCUT2D eigenvalue weighted by Gasteiger charge is 2.25. The van der Waals surface area contributed by atoms with Crippen LogP contribution in [0.3, 0.4) is 0 Å². The predicted molar refractivity (Wildman–Crippen MR) is 83.8 cm³/mol. The first kappa shape index (κ1) is 14.2. The van der Waals surface area contributed by atoms with Crippen LogP contribution in [0.5, 0.6) is 0 Å². The maximum absolute atomic E-state index is 10.8. The number of non-ortho nitro benzene ring substituents is 1. The molecule has 2 unspecified atom stereocenters. The molecule has 1 aromatic carbocycles. The molecule has 1 aliphatic carbocycles. The molecule has 1 heterocycles. The number of nitro benzene ring substituents is 1. The van der Waals surface area contributed by atoms with Crippen LogP contribution in [0.4, 0.5) is 11.7 Å². The van der Waals surface area contributed by atoms with Crippen molar-refractivity contribution < 1.29 is 9.34 Å². The van der Waals surface area contributed by atoms with Crippen molar-refractivity contribution in [3.63, 3.8) is 0 Å². The van der Waals surface area contributed by atoms with E-state index in [4.69, 9.17) is 4.42 Å². The molecule has 0 radical (unpaired) electrons. The average molecular weight is 307 g/mol. The first-order valence-electron chi connectivity index (χ1n) is 7.09. The van der Waals surface area contributed by atoms with E-state index in [0.29, 0.717) is 28.4 Å². The van der Waals surface area contributed by atoms with Gasteiger partial charge < -0.3 is 9.73 Å². The number of nitro groups is 1. The first-order valence-corrected chi connectivity index (χ1v) is 8.13. The van der Waals surface area contributed by atoms with E-state index >= 15 is 0 Å². The van der Waals surface area contributed by atoms with E-state index in [-0.39, 0.29) is 5.69 Å². The van der Waals surface area contributed by atoms with Crippen LogP contribution in [0.25, 0.3) is 11.1 Å². The molecule has 1 N–H and O–H groups in total. The van der Waals surface area contributed by atoms with Crippen molar-refractivity contribution in [3.05, 3.63) is 28.3 Å². The van der Waals surface area contributed by atoms with Gasteiger partial charge in [0, 0.05) is 23.4 Å². The highest BCUT2D eigenvalue weighted by Crippen LogP contribution is 2.32. The number of thioether (sulfide) groups is 1. The van der Waals surface area contributed by atoms with Gasteiger partial charge >= 0.3 is 0 Å². The quantitative estimate of drug-likeness (QED) is 0.668. The highest BCUT2D eigenvalue weighted by molar-refractivity contribution is 7.99. The molecule has 3 rings (SSSR count). The summed E-state index contributed by atoms with van der Waals surface area (Å²) in [6.07, 6.45) is 3.43. The zero-order chi connectivity index (χ0) is 14.8. The molecule has 2 aromatic rings. The molecule has 0 aliphatic heterocycles. The fourth-order valence-electron chi connectivity index (χ4n) is 2.72. The fourth-order valence-corrected chi connectivity index (χ4v) is 3.87. The van der Waals surface area contributed by atoms with Gasteiger partial charge in [-0.05, 0) is 31.1 Å². The van der Waals surface area contributed by atoms with E-state index in [9.17, 15) is 10.1 Å². The van der Waals surface area contributed by atoms with Gasteiger partial charge in [-0.25, -0.2) is 0 Å². The molecule has 0 spiro atoms. The van der Waals surface area contributed by atoms with Crippen molar-refractivity contribution in [1.29, 1.82) is 0 Å². The minimum Gasteiger partial charge on any atom is -0.424 e. The molecule has 7 heteroatoms. The van der Waals surface area contributed by atoms with Gasteiger partial charge in [0.2, 0.25) is 0 Å². The van der Waals surface area contributed by atoms with Crippen LogP contribution in [0.2, 0.25) is 0 Å². The number of aromatic nitrogens is 1. The number of benzene rings is 1. The van der Waals surface area contributed by atoms with Crippen LogP contribution in [-0.4, -0.2) is 27.0 Å². The van der Waals surface area contributed by atoms with Crippen molar-refractivity contribution in [1.82, 2.24) is 4.98 Å². The lowest BCUT2D eigenvalue weighted by Gasteiger charge is -2.10. The Bertz CT molecular complexity index is 658. The Morgan fingerprint density at radius 3 is 3.14 bits per heavy atom. The summed E-state index contributed by atoms with van der Waals surface area (Å²) in [6, 6.07) is 5.29. The Labute approximate surface area is 126 Å². The Hall–Kier alpha value is -1.76. The van der Waals surface area contributed by atoms with E-state index in [2.05, 4.69) is 17.2 Å². The lowest BCUT2D eigenvalue weighted by Crippen LogP contribution is -2.16. The molecule has 1 aliphatic rings. The summed E-state index contributed by atoms with van der Waals surface area (Å²) in [7, 11) is 0. The van der Waals surface area contributed by atoms with Gasteiger partial charge in [-0.3, -0.25) is 10.1 Å². The number of oxazole rings is 1.